The number of aryl methyl sites for hydroxylation is 1. The monoisotopic (exact) mass is 291 g/mol. The third-order valence-electron chi connectivity index (χ3n) is 4.78. The van der Waals surface area contributed by atoms with Crippen LogP contribution in [0.25, 0.3) is 0 Å². The number of nitrogens with zero attached hydrogens (tertiary/aromatic N) is 3. The summed E-state index contributed by atoms with van der Waals surface area (Å²) < 4.78 is 1.71. The highest BCUT2D eigenvalue weighted by molar-refractivity contribution is 5.84. The molecule has 0 aromatic carbocycles. The maximum absolute atomic E-state index is 12.5. The van der Waals surface area contributed by atoms with Crippen molar-refractivity contribution >= 4 is 11.9 Å². The Bertz CT molecular complexity index is 514. The Kier molecular flexibility index (Phi) is 3.94. The van der Waals surface area contributed by atoms with E-state index in [1.165, 1.54) is 0 Å². The highest BCUT2D eigenvalue weighted by atomic mass is 16.4. The van der Waals surface area contributed by atoms with Crippen LogP contribution in [-0.4, -0.2) is 43.7 Å². The molecule has 1 aromatic heterocycles. The predicted octanol–water partition coefficient (Wildman–Crippen LogP) is 1.52. The topological polar surface area (TPSA) is 75.4 Å². The summed E-state index contributed by atoms with van der Waals surface area (Å²) in [7, 11) is 0. The zero-order valence-electron chi connectivity index (χ0n) is 12.0. The lowest BCUT2D eigenvalue weighted by atomic mass is 9.84. The van der Waals surface area contributed by atoms with Gasteiger partial charge in [0.1, 0.15) is 6.04 Å². The van der Waals surface area contributed by atoms with Crippen LogP contribution in [0.3, 0.4) is 0 Å². The maximum Gasteiger partial charge on any atom is 0.326 e. The third kappa shape index (κ3) is 2.80. The Hall–Kier alpha value is -1.85. The van der Waals surface area contributed by atoms with Gasteiger partial charge in [0.2, 0.25) is 5.91 Å². The van der Waals surface area contributed by atoms with E-state index in [1.54, 1.807) is 15.8 Å². The molecule has 21 heavy (non-hydrogen) atoms. The molecule has 3 rings (SSSR count). The summed E-state index contributed by atoms with van der Waals surface area (Å²) >= 11 is 0. The summed E-state index contributed by atoms with van der Waals surface area (Å²) in [5.74, 6) is -0.544. The summed E-state index contributed by atoms with van der Waals surface area (Å²) in [5, 5.41) is 13.5. The van der Waals surface area contributed by atoms with Crippen LogP contribution in [0.4, 0.5) is 0 Å². The summed E-state index contributed by atoms with van der Waals surface area (Å²) in [6.45, 7) is 0.506. The second kappa shape index (κ2) is 5.87. The number of hydrogen-bond donors (Lipinski definition) is 1. The lowest BCUT2D eigenvalue weighted by Crippen LogP contribution is -2.46. The summed E-state index contributed by atoms with van der Waals surface area (Å²) in [5.41, 5.74) is 0. The van der Waals surface area contributed by atoms with Gasteiger partial charge in [-0.3, -0.25) is 9.48 Å². The highest BCUT2D eigenvalue weighted by Gasteiger charge is 2.47. The van der Waals surface area contributed by atoms with Crippen LogP contribution in [0, 0.1) is 5.92 Å². The van der Waals surface area contributed by atoms with E-state index in [0.717, 1.165) is 25.7 Å². The molecule has 114 valence electrons. The summed E-state index contributed by atoms with van der Waals surface area (Å²) in [6, 6.07) is 1.31. The van der Waals surface area contributed by atoms with Crippen LogP contribution in [0.1, 0.15) is 38.5 Å². The predicted molar refractivity (Wildman–Crippen MR) is 75.5 cm³/mol. The van der Waals surface area contributed by atoms with Gasteiger partial charge in [-0.1, -0.05) is 12.8 Å². The number of carbonyl (C=O) groups excluding carboxylic acids is 1. The molecule has 1 saturated carbocycles. The fourth-order valence-electron chi connectivity index (χ4n) is 3.81. The van der Waals surface area contributed by atoms with Crippen molar-refractivity contribution in [1.29, 1.82) is 0 Å². The Balaban J connectivity index is 1.70. The molecule has 1 aliphatic heterocycles. The van der Waals surface area contributed by atoms with Gasteiger partial charge in [-0.05, 0) is 31.2 Å². The molecular weight excluding hydrogens is 270 g/mol. The van der Waals surface area contributed by atoms with Crippen molar-refractivity contribution in [3.8, 4) is 0 Å². The van der Waals surface area contributed by atoms with Crippen molar-refractivity contribution in [1.82, 2.24) is 14.7 Å². The van der Waals surface area contributed by atoms with Gasteiger partial charge < -0.3 is 10.0 Å². The molecular formula is C15H21N3O3. The van der Waals surface area contributed by atoms with Crippen molar-refractivity contribution in [3.63, 3.8) is 0 Å². The fourth-order valence-corrected chi connectivity index (χ4v) is 3.81. The molecule has 2 fully saturated rings. The molecule has 2 aliphatic rings. The average Bonchev–Trinajstić information content (AvgIpc) is 3.11. The van der Waals surface area contributed by atoms with E-state index in [-0.39, 0.29) is 11.9 Å². The largest absolute Gasteiger partial charge is 0.480 e. The van der Waals surface area contributed by atoms with E-state index in [1.807, 2.05) is 12.3 Å². The van der Waals surface area contributed by atoms with Crippen LogP contribution >= 0.6 is 0 Å². The Labute approximate surface area is 123 Å². The van der Waals surface area contributed by atoms with Crippen LogP contribution < -0.4 is 0 Å². The lowest BCUT2D eigenvalue weighted by molar-refractivity contribution is -0.150. The van der Waals surface area contributed by atoms with Crippen LogP contribution in [0.15, 0.2) is 18.5 Å². The molecule has 3 atom stereocenters. The second-order valence-electron chi connectivity index (χ2n) is 6.02. The molecule has 6 heteroatoms. The van der Waals surface area contributed by atoms with Crippen LogP contribution in [-0.2, 0) is 16.1 Å². The number of fused-ring (bicyclic) bond motifs is 1. The van der Waals surface area contributed by atoms with E-state index < -0.39 is 12.0 Å². The lowest BCUT2D eigenvalue weighted by Gasteiger charge is -2.33. The first-order chi connectivity index (χ1) is 10.2. The number of aliphatic carboxylic acids is 1. The minimum atomic E-state index is -0.864. The number of rotatable bonds is 4. The Morgan fingerprint density at radius 2 is 2.10 bits per heavy atom. The molecule has 2 heterocycles. The second-order valence-corrected chi connectivity index (χ2v) is 6.02. The number of amides is 1. The minimum Gasteiger partial charge on any atom is -0.480 e. The molecule has 6 nitrogen and oxygen atoms in total. The highest BCUT2D eigenvalue weighted by Crippen LogP contribution is 2.40. The van der Waals surface area contributed by atoms with Gasteiger partial charge >= 0.3 is 5.97 Å². The molecule has 1 N–H and O–H groups in total. The van der Waals surface area contributed by atoms with Gasteiger partial charge in [-0.25, -0.2) is 4.79 Å². The first-order valence-corrected chi connectivity index (χ1v) is 7.68. The van der Waals surface area contributed by atoms with Crippen LogP contribution in [0.5, 0.6) is 0 Å². The molecule has 1 amide bonds. The number of carbonyl (C=O) groups is 2. The molecule has 0 spiro atoms. The summed E-state index contributed by atoms with van der Waals surface area (Å²) in [4.78, 5) is 25.7. The smallest absolute Gasteiger partial charge is 0.326 e. The first kappa shape index (κ1) is 14.1. The molecule has 1 saturated heterocycles. The molecule has 1 aliphatic carbocycles. The van der Waals surface area contributed by atoms with E-state index in [4.69, 9.17) is 0 Å². The van der Waals surface area contributed by atoms with E-state index in [2.05, 4.69) is 5.10 Å². The average molecular weight is 291 g/mol. The Morgan fingerprint density at radius 1 is 1.29 bits per heavy atom. The Morgan fingerprint density at radius 3 is 2.81 bits per heavy atom. The van der Waals surface area contributed by atoms with Gasteiger partial charge in [0, 0.05) is 31.4 Å². The maximum atomic E-state index is 12.5. The molecule has 0 unspecified atom stereocenters. The molecule has 0 bridgehead atoms. The zero-order valence-corrected chi connectivity index (χ0v) is 12.0. The van der Waals surface area contributed by atoms with Gasteiger partial charge in [-0.2, -0.15) is 5.10 Å². The van der Waals surface area contributed by atoms with Crippen LogP contribution in [0.2, 0.25) is 0 Å². The van der Waals surface area contributed by atoms with Gasteiger partial charge in [-0.15, -0.1) is 0 Å². The quantitative estimate of drug-likeness (QED) is 0.912. The van der Waals surface area contributed by atoms with Crippen molar-refractivity contribution in [2.45, 2.75) is 57.2 Å². The van der Waals surface area contributed by atoms with Gasteiger partial charge in [0.25, 0.3) is 0 Å². The van der Waals surface area contributed by atoms with E-state index in [0.29, 0.717) is 25.3 Å². The van der Waals surface area contributed by atoms with Crippen molar-refractivity contribution in [2.75, 3.05) is 0 Å². The zero-order chi connectivity index (χ0) is 14.8. The van der Waals surface area contributed by atoms with Crippen molar-refractivity contribution < 1.29 is 14.7 Å². The standard InChI is InChI=1S/C15H21N3O3/c19-14(6-9-17-8-3-7-16-17)18-12-5-2-1-4-11(12)10-13(18)15(20)21/h3,7-8,11-13H,1-2,4-6,9-10H2,(H,20,21)/t11-,12+,13+/m1/s1. The number of carboxylic acid groups (broad SMARTS) is 1. The number of hydrogen-bond acceptors (Lipinski definition) is 3. The molecule has 0 radical (unpaired) electrons. The van der Waals surface area contributed by atoms with E-state index >= 15 is 0 Å². The summed E-state index contributed by atoms with van der Waals surface area (Å²) in [6.07, 6.45) is 8.67. The SMILES string of the molecule is O=C(O)[C@@H]1C[C@H]2CCCC[C@@H]2N1C(=O)CCn1cccn1. The van der Waals surface area contributed by atoms with Crippen molar-refractivity contribution in [3.05, 3.63) is 18.5 Å². The normalized spacial score (nSPS) is 28.4. The van der Waals surface area contributed by atoms with Gasteiger partial charge in [0.05, 0.1) is 0 Å². The third-order valence-corrected chi connectivity index (χ3v) is 4.78. The minimum absolute atomic E-state index is 0.0488. The number of aromatic nitrogens is 2. The van der Waals surface area contributed by atoms with E-state index in [9.17, 15) is 14.7 Å². The number of likely N-dealkylation sites (tertiary alicyclic amines) is 1. The van der Waals surface area contributed by atoms with Gasteiger partial charge in [0.15, 0.2) is 0 Å². The first-order valence-electron chi connectivity index (χ1n) is 7.68. The molecule has 1 aromatic rings. The fraction of sp³-hybridized carbons (Fsp3) is 0.667. The number of carboxylic acids is 1. The van der Waals surface area contributed by atoms with Crippen molar-refractivity contribution in [2.24, 2.45) is 5.92 Å².